The molecule has 0 radical (unpaired) electrons. The summed E-state index contributed by atoms with van der Waals surface area (Å²) in [6, 6.07) is 3.40. The molecule has 1 aliphatic heterocycles. The lowest BCUT2D eigenvalue weighted by Gasteiger charge is -2.25. The molecular weight excluding hydrogens is 378 g/mol. The first-order chi connectivity index (χ1) is 12.8. The molecule has 0 unspecified atom stereocenters. The van der Waals surface area contributed by atoms with Crippen LogP contribution in [0.1, 0.15) is 22.7 Å². The minimum absolute atomic E-state index is 0.0273. The number of nitrogens with zero attached hydrogens (tertiary/aromatic N) is 3. The predicted molar refractivity (Wildman–Crippen MR) is 91.2 cm³/mol. The highest BCUT2D eigenvalue weighted by Gasteiger charge is 2.35. The van der Waals surface area contributed by atoms with Gasteiger partial charge in [-0.2, -0.15) is 9.40 Å². The number of halogens is 2. The normalized spacial score (nSPS) is 15.1. The maximum Gasteiger partial charge on any atom is 0.247 e. The maximum absolute atomic E-state index is 13.6. The van der Waals surface area contributed by atoms with Crippen molar-refractivity contribution < 1.29 is 21.7 Å². The highest BCUT2D eigenvalue weighted by molar-refractivity contribution is 7.89. The summed E-state index contributed by atoms with van der Waals surface area (Å²) in [4.78, 5) is 0.150. The molecule has 0 atom stereocenters. The van der Waals surface area contributed by atoms with E-state index in [4.69, 9.17) is 4.52 Å². The average Bonchev–Trinajstić information content (AvgIpc) is 3.20. The molecule has 0 spiro atoms. The van der Waals surface area contributed by atoms with E-state index in [9.17, 15) is 17.2 Å². The van der Waals surface area contributed by atoms with Gasteiger partial charge in [-0.25, -0.2) is 17.2 Å². The van der Waals surface area contributed by atoms with Crippen LogP contribution in [0.25, 0.3) is 11.3 Å². The Morgan fingerprint density at radius 2 is 2.00 bits per heavy atom. The van der Waals surface area contributed by atoms with E-state index in [0.717, 1.165) is 12.1 Å². The van der Waals surface area contributed by atoms with Gasteiger partial charge in [0.2, 0.25) is 10.0 Å². The van der Waals surface area contributed by atoms with E-state index in [0.29, 0.717) is 40.4 Å². The van der Waals surface area contributed by atoms with Crippen LogP contribution in [0.4, 0.5) is 8.78 Å². The third kappa shape index (κ3) is 2.85. The van der Waals surface area contributed by atoms with Gasteiger partial charge in [0.25, 0.3) is 0 Å². The molecule has 1 N–H and O–H groups in total. The third-order valence-corrected chi connectivity index (χ3v) is 6.75. The average molecular weight is 394 g/mol. The molecule has 0 saturated heterocycles. The molecule has 0 aliphatic carbocycles. The van der Waals surface area contributed by atoms with Crippen molar-refractivity contribution in [3.8, 4) is 11.3 Å². The Bertz CT molecular complexity index is 1120. The van der Waals surface area contributed by atoms with E-state index >= 15 is 0 Å². The van der Waals surface area contributed by atoms with Gasteiger partial charge in [0.05, 0.1) is 11.4 Å². The van der Waals surface area contributed by atoms with Gasteiger partial charge in [-0.05, 0) is 32.0 Å². The number of sulfonamides is 1. The number of fused-ring (bicyclic) bond motifs is 1. The van der Waals surface area contributed by atoms with Crippen molar-refractivity contribution in [3.05, 3.63) is 52.5 Å². The largest absolute Gasteiger partial charge is 0.360 e. The molecule has 1 aromatic carbocycles. The van der Waals surface area contributed by atoms with Crippen molar-refractivity contribution in [1.82, 2.24) is 19.7 Å². The zero-order valence-corrected chi connectivity index (χ0v) is 15.4. The van der Waals surface area contributed by atoms with Gasteiger partial charge in [0.1, 0.15) is 16.3 Å². The van der Waals surface area contributed by atoms with E-state index in [1.54, 1.807) is 13.8 Å². The molecule has 7 nitrogen and oxygen atoms in total. The van der Waals surface area contributed by atoms with E-state index in [1.807, 2.05) is 0 Å². The molecule has 3 aromatic rings. The van der Waals surface area contributed by atoms with Gasteiger partial charge in [-0.3, -0.25) is 5.10 Å². The van der Waals surface area contributed by atoms with Gasteiger partial charge in [-0.1, -0.05) is 5.16 Å². The standard InChI is InChI=1S/C17H16F2N4O3S/c1-9-17(10(2)21-20-9)27(24,25)23-6-5-15-12(8-23)16(22-26-15)11-3-4-13(18)14(19)7-11/h3-4,7H,5-6,8H2,1-2H3,(H,20,21). The highest BCUT2D eigenvalue weighted by Crippen LogP contribution is 2.33. The Hall–Kier alpha value is -2.59. The van der Waals surface area contributed by atoms with Gasteiger partial charge >= 0.3 is 0 Å². The lowest BCUT2D eigenvalue weighted by atomic mass is 10.0. The summed E-state index contributed by atoms with van der Waals surface area (Å²) >= 11 is 0. The van der Waals surface area contributed by atoms with Crippen LogP contribution >= 0.6 is 0 Å². The minimum Gasteiger partial charge on any atom is -0.360 e. The second kappa shape index (κ2) is 6.24. The van der Waals surface area contributed by atoms with E-state index in [1.165, 1.54) is 10.4 Å². The lowest BCUT2D eigenvalue weighted by molar-refractivity contribution is 0.331. The number of nitrogens with one attached hydrogen (secondary N) is 1. The SMILES string of the molecule is Cc1n[nH]c(C)c1S(=O)(=O)N1CCc2onc(-c3ccc(F)c(F)c3)c2C1. The lowest BCUT2D eigenvalue weighted by Crippen LogP contribution is -2.36. The van der Waals surface area contributed by atoms with Gasteiger partial charge < -0.3 is 4.52 Å². The fourth-order valence-corrected chi connectivity index (χ4v) is 5.05. The van der Waals surface area contributed by atoms with E-state index < -0.39 is 21.7 Å². The second-order valence-electron chi connectivity index (χ2n) is 6.41. The van der Waals surface area contributed by atoms with Crippen LogP contribution in [0.15, 0.2) is 27.6 Å². The fraction of sp³-hybridized carbons (Fsp3) is 0.294. The maximum atomic E-state index is 13.6. The smallest absolute Gasteiger partial charge is 0.247 e. The van der Waals surface area contributed by atoms with Crippen LogP contribution in [0.3, 0.4) is 0 Å². The first-order valence-electron chi connectivity index (χ1n) is 8.23. The number of aryl methyl sites for hydroxylation is 2. The van der Waals surface area contributed by atoms with Crippen molar-refractivity contribution in [2.24, 2.45) is 0 Å². The number of hydrogen-bond acceptors (Lipinski definition) is 5. The Morgan fingerprint density at radius 1 is 1.22 bits per heavy atom. The topological polar surface area (TPSA) is 92.1 Å². The summed E-state index contributed by atoms with van der Waals surface area (Å²) in [6.07, 6.45) is 0.335. The van der Waals surface area contributed by atoms with Gasteiger partial charge in [-0.15, -0.1) is 0 Å². The Balaban J connectivity index is 1.73. The molecule has 142 valence electrons. The molecule has 3 heterocycles. The minimum atomic E-state index is -3.78. The Morgan fingerprint density at radius 3 is 2.67 bits per heavy atom. The van der Waals surface area contributed by atoms with Crippen molar-refractivity contribution in [2.45, 2.75) is 31.7 Å². The number of aromatic nitrogens is 3. The first kappa shape index (κ1) is 17.8. The molecule has 0 fully saturated rings. The van der Waals surface area contributed by atoms with Gasteiger partial charge in [0, 0.05) is 30.6 Å². The molecule has 27 heavy (non-hydrogen) atoms. The molecular formula is C17H16F2N4O3S. The number of hydrogen-bond donors (Lipinski definition) is 1. The van der Waals surface area contributed by atoms with Crippen molar-refractivity contribution >= 4 is 10.0 Å². The van der Waals surface area contributed by atoms with E-state index in [2.05, 4.69) is 15.4 Å². The molecule has 0 bridgehead atoms. The Kier molecular flexibility index (Phi) is 4.11. The zero-order chi connectivity index (χ0) is 19.3. The van der Waals surface area contributed by atoms with Crippen LogP contribution in [-0.2, 0) is 23.0 Å². The number of benzene rings is 1. The van der Waals surface area contributed by atoms with Crippen LogP contribution in [0.5, 0.6) is 0 Å². The van der Waals surface area contributed by atoms with Crippen molar-refractivity contribution in [2.75, 3.05) is 6.54 Å². The highest BCUT2D eigenvalue weighted by atomic mass is 32.2. The summed E-state index contributed by atoms with van der Waals surface area (Å²) < 4.78 is 59.6. The summed E-state index contributed by atoms with van der Waals surface area (Å²) in [7, 11) is -3.78. The quantitative estimate of drug-likeness (QED) is 0.737. The fourth-order valence-electron chi connectivity index (χ4n) is 3.31. The molecule has 0 amide bonds. The summed E-state index contributed by atoms with van der Waals surface area (Å²) in [5.41, 5.74) is 2.04. The summed E-state index contributed by atoms with van der Waals surface area (Å²) in [5.74, 6) is -1.43. The summed E-state index contributed by atoms with van der Waals surface area (Å²) in [5, 5.41) is 10.6. The number of H-pyrrole nitrogens is 1. The second-order valence-corrected chi connectivity index (χ2v) is 8.29. The third-order valence-electron chi connectivity index (χ3n) is 4.64. The molecule has 10 heteroatoms. The molecule has 1 aliphatic rings. The van der Waals surface area contributed by atoms with E-state index in [-0.39, 0.29) is 18.0 Å². The van der Waals surface area contributed by atoms with Crippen molar-refractivity contribution in [3.63, 3.8) is 0 Å². The van der Waals surface area contributed by atoms with Crippen LogP contribution < -0.4 is 0 Å². The monoisotopic (exact) mass is 394 g/mol. The Labute approximate surface area is 154 Å². The zero-order valence-electron chi connectivity index (χ0n) is 14.6. The first-order valence-corrected chi connectivity index (χ1v) is 9.67. The molecule has 4 rings (SSSR count). The molecule has 0 saturated carbocycles. The number of rotatable bonds is 3. The molecule has 2 aromatic heterocycles. The van der Waals surface area contributed by atoms with Crippen LogP contribution in [-0.4, -0.2) is 34.6 Å². The van der Waals surface area contributed by atoms with Crippen LogP contribution in [0.2, 0.25) is 0 Å². The van der Waals surface area contributed by atoms with Crippen molar-refractivity contribution in [1.29, 1.82) is 0 Å². The summed E-state index contributed by atoms with van der Waals surface area (Å²) in [6.45, 7) is 3.53. The van der Waals surface area contributed by atoms with Gasteiger partial charge in [0.15, 0.2) is 11.6 Å². The predicted octanol–water partition coefficient (Wildman–Crippen LogP) is 2.71. The van der Waals surface area contributed by atoms with Crippen LogP contribution in [0, 0.1) is 25.5 Å². The number of aromatic amines is 1.